The van der Waals surface area contributed by atoms with Gasteiger partial charge in [0, 0.05) is 36.1 Å². The maximum Gasteiger partial charge on any atom is 0.416 e. The maximum absolute atomic E-state index is 12.7. The zero-order valence-electron chi connectivity index (χ0n) is 15.9. The molecule has 0 unspecified atom stereocenters. The van der Waals surface area contributed by atoms with Crippen LogP contribution in [0.15, 0.2) is 35.7 Å². The van der Waals surface area contributed by atoms with Crippen LogP contribution in [-0.4, -0.2) is 42.4 Å². The second kappa shape index (κ2) is 8.96. The van der Waals surface area contributed by atoms with Gasteiger partial charge in [0.2, 0.25) is 5.91 Å². The molecule has 1 aromatic carbocycles. The van der Waals surface area contributed by atoms with E-state index in [4.69, 9.17) is 0 Å². The van der Waals surface area contributed by atoms with Gasteiger partial charge in [0.15, 0.2) is 0 Å². The number of alkyl halides is 3. The van der Waals surface area contributed by atoms with Crippen LogP contribution >= 0.6 is 11.3 Å². The van der Waals surface area contributed by atoms with Gasteiger partial charge in [0.1, 0.15) is 0 Å². The lowest BCUT2D eigenvalue weighted by molar-refractivity contribution is -0.137. The number of likely N-dealkylation sites (tertiary alicyclic amines) is 1. The standard InChI is InChI=1S/C20H22F3N3O2S/c1-13-6-8-29-17(13)12-26-7-5-16(11-26)25-18(27)10-24-19(28)14-3-2-4-15(9-14)20(21,22)23/h2-4,6,8-9,16H,5,7,10-12H2,1H3,(H,24,28)(H,25,27)/t16-/m1/s1. The van der Waals surface area contributed by atoms with Gasteiger partial charge in [-0.05, 0) is 48.6 Å². The molecule has 9 heteroatoms. The third kappa shape index (κ3) is 5.80. The smallest absolute Gasteiger partial charge is 0.350 e. The Hall–Kier alpha value is -2.39. The quantitative estimate of drug-likeness (QED) is 0.747. The van der Waals surface area contributed by atoms with Crippen LogP contribution in [-0.2, 0) is 17.5 Å². The first kappa shape index (κ1) is 21.3. The Balaban J connectivity index is 1.44. The average Bonchev–Trinajstić information content (AvgIpc) is 3.28. The largest absolute Gasteiger partial charge is 0.416 e. The molecule has 1 aromatic heterocycles. The minimum absolute atomic E-state index is 0.00627. The van der Waals surface area contributed by atoms with Gasteiger partial charge < -0.3 is 10.6 Å². The van der Waals surface area contributed by atoms with Crippen molar-refractivity contribution in [1.82, 2.24) is 15.5 Å². The Morgan fingerprint density at radius 3 is 2.76 bits per heavy atom. The van der Waals surface area contributed by atoms with Crippen molar-refractivity contribution in [3.8, 4) is 0 Å². The highest BCUT2D eigenvalue weighted by Gasteiger charge is 2.31. The lowest BCUT2D eigenvalue weighted by Gasteiger charge is -2.16. The van der Waals surface area contributed by atoms with E-state index >= 15 is 0 Å². The molecule has 29 heavy (non-hydrogen) atoms. The molecule has 3 rings (SSSR count). The number of amides is 2. The highest BCUT2D eigenvalue weighted by molar-refractivity contribution is 7.10. The Morgan fingerprint density at radius 2 is 2.07 bits per heavy atom. The lowest BCUT2D eigenvalue weighted by atomic mass is 10.1. The van der Waals surface area contributed by atoms with Gasteiger partial charge in [-0.25, -0.2) is 0 Å². The summed E-state index contributed by atoms with van der Waals surface area (Å²) in [6, 6.07) is 6.20. The van der Waals surface area contributed by atoms with E-state index in [1.165, 1.54) is 22.6 Å². The van der Waals surface area contributed by atoms with Crippen LogP contribution < -0.4 is 10.6 Å². The van der Waals surface area contributed by atoms with Gasteiger partial charge in [-0.2, -0.15) is 13.2 Å². The zero-order valence-corrected chi connectivity index (χ0v) is 16.7. The van der Waals surface area contributed by atoms with Crippen molar-refractivity contribution in [2.45, 2.75) is 32.1 Å². The number of rotatable bonds is 6. The third-order valence-electron chi connectivity index (χ3n) is 4.83. The van der Waals surface area contributed by atoms with Crippen LogP contribution in [0.5, 0.6) is 0 Å². The fraction of sp³-hybridized carbons (Fsp3) is 0.400. The summed E-state index contributed by atoms with van der Waals surface area (Å²) in [7, 11) is 0. The molecule has 2 amide bonds. The van der Waals surface area contributed by atoms with Crippen molar-refractivity contribution in [3.63, 3.8) is 0 Å². The number of carbonyl (C=O) groups excluding carboxylic acids is 2. The van der Waals surface area contributed by atoms with Crippen molar-refractivity contribution in [2.75, 3.05) is 19.6 Å². The molecule has 5 nitrogen and oxygen atoms in total. The normalized spacial score (nSPS) is 17.3. The van der Waals surface area contributed by atoms with Gasteiger partial charge in [0.25, 0.3) is 5.91 Å². The maximum atomic E-state index is 12.7. The van der Waals surface area contributed by atoms with Crippen LogP contribution in [0.2, 0.25) is 0 Å². The molecular formula is C20H22F3N3O2S. The highest BCUT2D eigenvalue weighted by atomic mass is 32.1. The van der Waals surface area contributed by atoms with Gasteiger partial charge in [-0.3, -0.25) is 14.5 Å². The van der Waals surface area contributed by atoms with Crippen molar-refractivity contribution in [2.24, 2.45) is 0 Å². The van der Waals surface area contributed by atoms with Crippen molar-refractivity contribution >= 4 is 23.2 Å². The predicted molar refractivity (Wildman–Crippen MR) is 105 cm³/mol. The van der Waals surface area contributed by atoms with E-state index in [9.17, 15) is 22.8 Å². The molecule has 2 aromatic rings. The SMILES string of the molecule is Cc1ccsc1CN1CC[C@@H](NC(=O)CNC(=O)c2cccc(C(F)(F)F)c2)C1. The lowest BCUT2D eigenvalue weighted by Crippen LogP contribution is -2.43. The van der Waals surface area contributed by atoms with E-state index in [0.29, 0.717) is 0 Å². The summed E-state index contributed by atoms with van der Waals surface area (Å²) >= 11 is 1.72. The van der Waals surface area contributed by atoms with Crippen molar-refractivity contribution < 1.29 is 22.8 Å². The summed E-state index contributed by atoms with van der Waals surface area (Å²) in [4.78, 5) is 27.8. The summed E-state index contributed by atoms with van der Waals surface area (Å²) < 4.78 is 38.2. The summed E-state index contributed by atoms with van der Waals surface area (Å²) in [6.07, 6.45) is -3.71. The molecule has 0 bridgehead atoms. The number of nitrogens with zero attached hydrogens (tertiary/aromatic N) is 1. The monoisotopic (exact) mass is 425 g/mol. The van der Waals surface area contributed by atoms with E-state index in [1.807, 2.05) is 0 Å². The molecule has 2 N–H and O–H groups in total. The second-order valence-corrected chi connectivity index (χ2v) is 8.08. The van der Waals surface area contributed by atoms with E-state index in [0.717, 1.165) is 38.2 Å². The van der Waals surface area contributed by atoms with E-state index in [-0.39, 0.29) is 24.1 Å². The number of hydrogen-bond donors (Lipinski definition) is 2. The molecule has 1 atom stereocenters. The Bertz CT molecular complexity index is 882. The minimum atomic E-state index is -4.52. The van der Waals surface area contributed by atoms with Crippen LogP contribution in [0.1, 0.15) is 32.8 Å². The van der Waals surface area contributed by atoms with E-state index < -0.39 is 17.6 Å². The summed E-state index contributed by atoms with van der Waals surface area (Å²) in [5.74, 6) is -1.07. The molecule has 156 valence electrons. The number of nitrogens with one attached hydrogen (secondary N) is 2. The van der Waals surface area contributed by atoms with Crippen LogP contribution in [0.4, 0.5) is 13.2 Å². The first-order valence-corrected chi connectivity index (χ1v) is 10.1. The molecule has 0 spiro atoms. The molecule has 0 aliphatic carbocycles. The average molecular weight is 425 g/mol. The minimum Gasteiger partial charge on any atom is -0.350 e. The van der Waals surface area contributed by atoms with Gasteiger partial charge in [-0.15, -0.1) is 11.3 Å². The summed E-state index contributed by atoms with van der Waals surface area (Å²) in [5.41, 5.74) is 0.229. The summed E-state index contributed by atoms with van der Waals surface area (Å²) in [6.45, 7) is 4.25. The van der Waals surface area contributed by atoms with Crippen LogP contribution in [0.3, 0.4) is 0 Å². The Morgan fingerprint density at radius 1 is 1.28 bits per heavy atom. The molecule has 2 heterocycles. The highest BCUT2D eigenvalue weighted by Crippen LogP contribution is 2.29. The van der Waals surface area contributed by atoms with Crippen LogP contribution in [0.25, 0.3) is 0 Å². The number of aryl methyl sites for hydroxylation is 1. The van der Waals surface area contributed by atoms with Crippen LogP contribution in [0, 0.1) is 6.92 Å². The molecule has 0 radical (unpaired) electrons. The van der Waals surface area contributed by atoms with E-state index in [2.05, 4.69) is 33.9 Å². The molecule has 1 aliphatic rings. The molecule has 1 aliphatic heterocycles. The van der Waals surface area contributed by atoms with Crippen molar-refractivity contribution in [3.05, 3.63) is 57.3 Å². The van der Waals surface area contributed by atoms with Crippen molar-refractivity contribution in [1.29, 1.82) is 0 Å². The Kier molecular flexibility index (Phi) is 6.59. The number of thiophene rings is 1. The summed E-state index contributed by atoms with van der Waals surface area (Å²) in [5, 5.41) is 7.31. The molecule has 0 saturated carbocycles. The van der Waals surface area contributed by atoms with E-state index in [1.54, 1.807) is 11.3 Å². The fourth-order valence-electron chi connectivity index (χ4n) is 3.24. The first-order chi connectivity index (χ1) is 13.7. The van der Waals surface area contributed by atoms with Gasteiger partial charge in [-0.1, -0.05) is 6.07 Å². The zero-order chi connectivity index (χ0) is 21.0. The first-order valence-electron chi connectivity index (χ1n) is 9.22. The molecule has 1 fully saturated rings. The number of halogens is 3. The topological polar surface area (TPSA) is 61.4 Å². The second-order valence-electron chi connectivity index (χ2n) is 7.08. The number of benzene rings is 1. The number of hydrogen-bond acceptors (Lipinski definition) is 4. The third-order valence-corrected chi connectivity index (χ3v) is 5.84. The van der Waals surface area contributed by atoms with Gasteiger partial charge in [0.05, 0.1) is 12.1 Å². The van der Waals surface area contributed by atoms with Gasteiger partial charge >= 0.3 is 6.18 Å². The fourth-order valence-corrected chi connectivity index (χ4v) is 4.19. The molecule has 1 saturated heterocycles. The number of carbonyl (C=O) groups is 2. The predicted octanol–water partition coefficient (Wildman–Crippen LogP) is 3.20. The Labute approximate surface area is 170 Å². The molecular weight excluding hydrogens is 403 g/mol.